The highest BCUT2D eigenvalue weighted by atomic mass is 35.5. The van der Waals surface area contributed by atoms with Gasteiger partial charge in [-0.3, -0.25) is 4.72 Å². The van der Waals surface area contributed by atoms with Crippen LogP contribution in [0, 0.1) is 6.92 Å². The van der Waals surface area contributed by atoms with E-state index in [1.807, 2.05) is 0 Å². The molecule has 7 heteroatoms. The van der Waals surface area contributed by atoms with Gasteiger partial charge in [0.1, 0.15) is 0 Å². The van der Waals surface area contributed by atoms with Gasteiger partial charge in [-0.15, -0.1) is 0 Å². The van der Waals surface area contributed by atoms with Crippen molar-refractivity contribution >= 4 is 33.3 Å². The SMILES string of the molecule is Cc1ccc(Cl)cc1NS(=O)(=O)c1cccc(C(=O)O)c1. The molecule has 0 heterocycles. The van der Waals surface area contributed by atoms with Crippen LogP contribution in [0.25, 0.3) is 0 Å². The molecule has 0 spiro atoms. The van der Waals surface area contributed by atoms with Crippen molar-refractivity contribution in [3.8, 4) is 0 Å². The molecule has 0 bridgehead atoms. The Balaban J connectivity index is 2.41. The van der Waals surface area contributed by atoms with Crippen molar-refractivity contribution in [2.24, 2.45) is 0 Å². The van der Waals surface area contributed by atoms with Crippen molar-refractivity contribution in [3.63, 3.8) is 0 Å². The standard InChI is InChI=1S/C14H12ClNO4S/c1-9-5-6-11(15)8-13(9)16-21(19,20)12-4-2-3-10(7-12)14(17)18/h2-8,16H,1H3,(H,17,18). The minimum absolute atomic E-state index is 0.0966. The zero-order valence-corrected chi connectivity index (χ0v) is 12.6. The molecule has 2 aromatic rings. The number of sulfonamides is 1. The Kier molecular flexibility index (Phi) is 4.20. The highest BCUT2D eigenvalue weighted by molar-refractivity contribution is 7.92. The second-order valence-corrected chi connectivity index (χ2v) is 6.52. The first-order valence-electron chi connectivity index (χ1n) is 5.92. The molecule has 0 aromatic heterocycles. The lowest BCUT2D eigenvalue weighted by Crippen LogP contribution is -2.14. The molecule has 0 aliphatic rings. The number of aryl methyl sites for hydroxylation is 1. The second-order valence-electron chi connectivity index (χ2n) is 4.40. The van der Waals surface area contributed by atoms with E-state index in [9.17, 15) is 13.2 Å². The van der Waals surface area contributed by atoms with E-state index in [0.717, 1.165) is 6.07 Å². The number of carboxylic acid groups (broad SMARTS) is 1. The third-order valence-electron chi connectivity index (χ3n) is 2.84. The smallest absolute Gasteiger partial charge is 0.335 e. The molecule has 0 fully saturated rings. The normalized spacial score (nSPS) is 11.1. The number of hydrogen-bond acceptors (Lipinski definition) is 3. The summed E-state index contributed by atoms with van der Waals surface area (Å²) < 4.78 is 27.0. The number of halogens is 1. The Morgan fingerprint density at radius 2 is 1.90 bits per heavy atom. The van der Waals surface area contributed by atoms with Crippen LogP contribution in [-0.4, -0.2) is 19.5 Å². The summed E-state index contributed by atoms with van der Waals surface area (Å²) in [7, 11) is -3.88. The molecule has 0 saturated heterocycles. The van der Waals surface area contributed by atoms with E-state index in [1.54, 1.807) is 19.1 Å². The van der Waals surface area contributed by atoms with Crippen LogP contribution in [0.5, 0.6) is 0 Å². The van der Waals surface area contributed by atoms with Gasteiger partial charge in [0.25, 0.3) is 10.0 Å². The first-order valence-corrected chi connectivity index (χ1v) is 7.78. The summed E-state index contributed by atoms with van der Waals surface area (Å²) in [4.78, 5) is 10.8. The minimum Gasteiger partial charge on any atom is -0.478 e. The highest BCUT2D eigenvalue weighted by Gasteiger charge is 2.17. The summed E-state index contributed by atoms with van der Waals surface area (Å²) in [5, 5.41) is 9.31. The molecule has 0 amide bonds. The van der Waals surface area contributed by atoms with Gasteiger partial charge in [-0.2, -0.15) is 0 Å². The third-order valence-corrected chi connectivity index (χ3v) is 4.43. The summed E-state index contributed by atoms with van der Waals surface area (Å²) in [5.41, 5.74) is 0.960. The van der Waals surface area contributed by atoms with Crippen molar-refractivity contribution in [2.45, 2.75) is 11.8 Å². The number of nitrogens with one attached hydrogen (secondary N) is 1. The molecular formula is C14H12ClNO4S. The predicted octanol–water partition coefficient (Wildman–Crippen LogP) is 3.15. The zero-order chi connectivity index (χ0) is 15.6. The Bertz CT molecular complexity index is 802. The quantitative estimate of drug-likeness (QED) is 0.904. The number of carboxylic acids is 1. The van der Waals surface area contributed by atoms with Crippen LogP contribution in [0.3, 0.4) is 0 Å². The minimum atomic E-state index is -3.88. The summed E-state index contributed by atoms with van der Waals surface area (Å²) in [6, 6.07) is 9.97. The number of carbonyl (C=O) groups is 1. The van der Waals surface area contributed by atoms with Gasteiger partial charge in [0.2, 0.25) is 0 Å². The zero-order valence-electron chi connectivity index (χ0n) is 11.0. The molecule has 0 atom stereocenters. The van der Waals surface area contributed by atoms with E-state index in [-0.39, 0.29) is 10.5 Å². The fraction of sp³-hybridized carbons (Fsp3) is 0.0714. The number of rotatable bonds is 4. The maximum absolute atomic E-state index is 12.3. The molecule has 2 aromatic carbocycles. The van der Waals surface area contributed by atoms with Crippen LogP contribution in [0.4, 0.5) is 5.69 Å². The summed E-state index contributed by atoms with van der Waals surface area (Å²) in [5.74, 6) is -1.19. The summed E-state index contributed by atoms with van der Waals surface area (Å²) in [6.07, 6.45) is 0. The molecule has 110 valence electrons. The molecule has 5 nitrogen and oxygen atoms in total. The van der Waals surface area contributed by atoms with Gasteiger partial charge < -0.3 is 5.11 Å². The van der Waals surface area contributed by atoms with Crippen LogP contribution < -0.4 is 4.72 Å². The topological polar surface area (TPSA) is 83.5 Å². The number of hydrogen-bond donors (Lipinski definition) is 2. The molecule has 0 aliphatic heterocycles. The highest BCUT2D eigenvalue weighted by Crippen LogP contribution is 2.23. The van der Waals surface area contributed by atoms with Crippen LogP contribution in [0.1, 0.15) is 15.9 Å². The maximum Gasteiger partial charge on any atom is 0.335 e. The molecule has 0 radical (unpaired) electrons. The van der Waals surface area contributed by atoms with Crippen molar-refractivity contribution < 1.29 is 18.3 Å². The van der Waals surface area contributed by atoms with Gasteiger partial charge in [-0.25, -0.2) is 13.2 Å². The number of benzene rings is 2. The summed E-state index contributed by atoms with van der Waals surface area (Å²) >= 11 is 5.85. The average molecular weight is 326 g/mol. The lowest BCUT2D eigenvalue weighted by atomic mass is 10.2. The van der Waals surface area contributed by atoms with E-state index in [4.69, 9.17) is 16.7 Å². The Morgan fingerprint density at radius 1 is 1.19 bits per heavy atom. The number of anilines is 1. The van der Waals surface area contributed by atoms with E-state index in [0.29, 0.717) is 16.3 Å². The molecule has 2 rings (SSSR count). The first-order chi connectivity index (χ1) is 9.79. The van der Waals surface area contributed by atoms with E-state index in [2.05, 4.69) is 4.72 Å². The van der Waals surface area contributed by atoms with Crippen LogP contribution in [-0.2, 0) is 10.0 Å². The number of aromatic carboxylic acids is 1. The van der Waals surface area contributed by atoms with E-state index in [1.165, 1.54) is 24.3 Å². The van der Waals surface area contributed by atoms with Gasteiger partial charge in [0, 0.05) is 5.02 Å². The lowest BCUT2D eigenvalue weighted by Gasteiger charge is -2.11. The van der Waals surface area contributed by atoms with Crippen molar-refractivity contribution in [3.05, 3.63) is 58.6 Å². The van der Waals surface area contributed by atoms with Crippen LogP contribution >= 0.6 is 11.6 Å². The van der Waals surface area contributed by atoms with Crippen LogP contribution in [0.15, 0.2) is 47.4 Å². The second kappa shape index (κ2) is 5.75. The molecule has 0 unspecified atom stereocenters. The fourth-order valence-electron chi connectivity index (χ4n) is 1.70. The molecular weight excluding hydrogens is 314 g/mol. The van der Waals surface area contributed by atoms with Gasteiger partial charge in [-0.05, 0) is 42.8 Å². The Hall–Kier alpha value is -2.05. The van der Waals surface area contributed by atoms with Crippen LogP contribution in [0.2, 0.25) is 5.02 Å². The lowest BCUT2D eigenvalue weighted by molar-refractivity contribution is 0.0696. The van der Waals surface area contributed by atoms with Gasteiger partial charge in [0.05, 0.1) is 16.1 Å². The largest absolute Gasteiger partial charge is 0.478 e. The third kappa shape index (κ3) is 3.53. The molecule has 2 N–H and O–H groups in total. The molecule has 0 aliphatic carbocycles. The van der Waals surface area contributed by atoms with Gasteiger partial charge >= 0.3 is 5.97 Å². The Morgan fingerprint density at radius 3 is 2.57 bits per heavy atom. The van der Waals surface area contributed by atoms with Gasteiger partial charge in [0.15, 0.2) is 0 Å². The maximum atomic E-state index is 12.3. The Labute approximate surface area is 127 Å². The van der Waals surface area contributed by atoms with Crippen molar-refractivity contribution in [1.29, 1.82) is 0 Å². The van der Waals surface area contributed by atoms with E-state index < -0.39 is 16.0 Å². The molecule has 21 heavy (non-hydrogen) atoms. The van der Waals surface area contributed by atoms with Crippen molar-refractivity contribution in [2.75, 3.05) is 4.72 Å². The molecule has 0 saturated carbocycles. The first kappa shape index (κ1) is 15.3. The fourth-order valence-corrected chi connectivity index (χ4v) is 3.04. The van der Waals surface area contributed by atoms with Gasteiger partial charge in [-0.1, -0.05) is 23.7 Å². The van der Waals surface area contributed by atoms with Crippen molar-refractivity contribution in [1.82, 2.24) is 0 Å². The summed E-state index contributed by atoms with van der Waals surface area (Å²) in [6.45, 7) is 1.74. The average Bonchev–Trinajstić information content (AvgIpc) is 2.43. The monoisotopic (exact) mass is 325 g/mol. The van der Waals surface area contributed by atoms with E-state index >= 15 is 0 Å². The predicted molar refractivity (Wildman–Crippen MR) is 80.4 cm³/mol.